The van der Waals surface area contributed by atoms with E-state index in [2.05, 4.69) is 4.98 Å². The maximum Gasteiger partial charge on any atom is 0.213 e. The molecule has 104 valence electrons. The molecule has 1 aromatic carbocycles. The Bertz CT molecular complexity index is 600. The Balaban J connectivity index is 2.16. The van der Waals surface area contributed by atoms with Crippen molar-refractivity contribution in [3.8, 4) is 11.6 Å². The van der Waals surface area contributed by atoms with Crippen molar-refractivity contribution in [1.29, 1.82) is 0 Å². The van der Waals surface area contributed by atoms with E-state index in [1.165, 1.54) is 0 Å². The number of hydrogen-bond donors (Lipinski definition) is 0. The number of hydrogen-bond acceptors (Lipinski definition) is 4. The van der Waals surface area contributed by atoms with E-state index in [1.54, 1.807) is 13.2 Å². The van der Waals surface area contributed by atoms with Gasteiger partial charge in [0.1, 0.15) is 18.6 Å². The Labute approximate surface area is 118 Å². The van der Waals surface area contributed by atoms with Gasteiger partial charge >= 0.3 is 0 Å². The molecule has 0 bridgehead atoms. The molecule has 0 aliphatic rings. The normalized spacial score (nSPS) is 10.2. The highest BCUT2D eigenvalue weighted by Gasteiger charge is 2.07. The monoisotopic (exact) mass is 271 g/mol. The highest BCUT2D eigenvalue weighted by molar-refractivity contribution is 5.76. The summed E-state index contributed by atoms with van der Waals surface area (Å²) in [4.78, 5) is 15.1. The van der Waals surface area contributed by atoms with Crippen molar-refractivity contribution in [2.75, 3.05) is 7.11 Å². The van der Waals surface area contributed by atoms with Gasteiger partial charge in [0.2, 0.25) is 5.88 Å². The fraction of sp³-hybridized carbons (Fsp3) is 0.250. The third-order valence-corrected chi connectivity index (χ3v) is 2.97. The number of nitrogens with zero attached hydrogens (tertiary/aromatic N) is 1. The summed E-state index contributed by atoms with van der Waals surface area (Å²) < 4.78 is 10.9. The first-order valence-corrected chi connectivity index (χ1v) is 6.33. The second-order valence-electron chi connectivity index (χ2n) is 4.56. The average molecular weight is 271 g/mol. The molecule has 0 unspecified atom stereocenters. The van der Waals surface area contributed by atoms with Crippen LogP contribution in [0.5, 0.6) is 11.6 Å². The molecule has 1 heterocycles. The molecule has 4 nitrogen and oxygen atoms in total. The van der Waals surface area contributed by atoms with E-state index in [9.17, 15) is 4.79 Å². The molecule has 0 saturated carbocycles. The van der Waals surface area contributed by atoms with Gasteiger partial charge in [-0.25, -0.2) is 4.98 Å². The van der Waals surface area contributed by atoms with E-state index in [0.717, 1.165) is 28.9 Å². The fourth-order valence-corrected chi connectivity index (χ4v) is 2.08. The zero-order valence-electron chi connectivity index (χ0n) is 11.8. The fourth-order valence-electron chi connectivity index (χ4n) is 2.08. The summed E-state index contributed by atoms with van der Waals surface area (Å²) >= 11 is 0. The van der Waals surface area contributed by atoms with E-state index in [0.29, 0.717) is 18.1 Å². The number of rotatable bonds is 5. The molecule has 0 amide bonds. The van der Waals surface area contributed by atoms with Gasteiger partial charge in [-0.1, -0.05) is 6.07 Å². The molecule has 1 aromatic heterocycles. The third-order valence-electron chi connectivity index (χ3n) is 2.97. The molecular weight excluding hydrogens is 254 g/mol. The topological polar surface area (TPSA) is 48.4 Å². The van der Waals surface area contributed by atoms with E-state index in [4.69, 9.17) is 9.47 Å². The van der Waals surface area contributed by atoms with E-state index < -0.39 is 0 Å². The third kappa shape index (κ3) is 3.15. The minimum absolute atomic E-state index is 0.360. The Morgan fingerprint density at radius 2 is 1.90 bits per heavy atom. The van der Waals surface area contributed by atoms with Crippen LogP contribution in [0, 0.1) is 13.8 Å². The number of benzene rings is 1. The molecule has 4 heteroatoms. The van der Waals surface area contributed by atoms with E-state index in [1.807, 2.05) is 38.1 Å². The Morgan fingerprint density at radius 1 is 1.20 bits per heavy atom. The second kappa shape index (κ2) is 6.19. The number of aldehydes is 1. The molecule has 0 N–H and O–H groups in total. The predicted octanol–water partition coefficient (Wildman–Crippen LogP) is 3.10. The van der Waals surface area contributed by atoms with Crippen LogP contribution in [0.2, 0.25) is 0 Å². The van der Waals surface area contributed by atoms with Gasteiger partial charge in [0.15, 0.2) is 0 Å². The van der Waals surface area contributed by atoms with Crippen LogP contribution in [-0.2, 0) is 6.61 Å². The zero-order chi connectivity index (χ0) is 14.5. The minimum Gasteiger partial charge on any atom is -0.487 e. The van der Waals surface area contributed by atoms with Gasteiger partial charge < -0.3 is 9.47 Å². The summed E-state index contributed by atoms with van der Waals surface area (Å²) in [5.74, 6) is 1.36. The van der Waals surface area contributed by atoms with Crippen LogP contribution in [0.3, 0.4) is 0 Å². The van der Waals surface area contributed by atoms with Gasteiger partial charge in [-0.3, -0.25) is 4.79 Å². The van der Waals surface area contributed by atoms with Gasteiger partial charge in [0.25, 0.3) is 0 Å². The second-order valence-corrected chi connectivity index (χ2v) is 4.56. The van der Waals surface area contributed by atoms with Gasteiger partial charge in [0.05, 0.1) is 12.8 Å². The summed E-state index contributed by atoms with van der Waals surface area (Å²) in [6.07, 6.45) is 0.841. The van der Waals surface area contributed by atoms with Gasteiger partial charge in [-0.2, -0.15) is 0 Å². The molecule has 0 aliphatic carbocycles. The summed E-state index contributed by atoms with van der Waals surface area (Å²) in [6.45, 7) is 4.21. The molecule has 0 saturated heterocycles. The number of methoxy groups -OCH3 is 1. The van der Waals surface area contributed by atoms with Crippen LogP contribution in [0.15, 0.2) is 30.3 Å². The van der Waals surface area contributed by atoms with Crippen molar-refractivity contribution < 1.29 is 14.3 Å². The quantitative estimate of drug-likeness (QED) is 0.784. The van der Waals surface area contributed by atoms with E-state index in [-0.39, 0.29) is 0 Å². The van der Waals surface area contributed by atoms with Crippen molar-refractivity contribution in [1.82, 2.24) is 4.98 Å². The molecule has 2 aromatic rings. The zero-order valence-corrected chi connectivity index (χ0v) is 11.8. The Morgan fingerprint density at radius 3 is 2.50 bits per heavy atom. The maximum absolute atomic E-state index is 10.8. The SMILES string of the molecule is COc1cccc(COc2c(C)cc(C=O)cc2C)n1. The minimum atomic E-state index is 0.360. The smallest absolute Gasteiger partial charge is 0.213 e. The van der Waals surface area contributed by atoms with Crippen molar-refractivity contribution in [3.05, 3.63) is 52.7 Å². The Kier molecular flexibility index (Phi) is 4.35. The van der Waals surface area contributed by atoms with Crippen LogP contribution in [-0.4, -0.2) is 18.4 Å². The predicted molar refractivity (Wildman–Crippen MR) is 76.4 cm³/mol. The first kappa shape index (κ1) is 14.1. The van der Waals surface area contributed by atoms with Crippen LogP contribution in [0.1, 0.15) is 27.2 Å². The lowest BCUT2D eigenvalue weighted by atomic mass is 10.1. The number of carbonyl (C=O) groups is 1. The largest absolute Gasteiger partial charge is 0.487 e. The van der Waals surface area contributed by atoms with Crippen LogP contribution < -0.4 is 9.47 Å². The summed E-state index contributed by atoms with van der Waals surface area (Å²) in [5.41, 5.74) is 3.33. The van der Waals surface area contributed by atoms with Gasteiger partial charge in [0, 0.05) is 11.6 Å². The lowest BCUT2D eigenvalue weighted by Gasteiger charge is -2.12. The highest BCUT2D eigenvalue weighted by Crippen LogP contribution is 2.25. The first-order valence-electron chi connectivity index (χ1n) is 6.33. The van der Waals surface area contributed by atoms with Gasteiger partial charge in [-0.05, 0) is 43.2 Å². The van der Waals surface area contributed by atoms with Gasteiger partial charge in [-0.15, -0.1) is 0 Å². The number of carbonyl (C=O) groups excluding carboxylic acids is 1. The van der Waals surface area contributed by atoms with Crippen LogP contribution >= 0.6 is 0 Å². The number of ether oxygens (including phenoxy) is 2. The number of pyridine rings is 1. The highest BCUT2D eigenvalue weighted by atomic mass is 16.5. The molecule has 0 atom stereocenters. The molecule has 0 fully saturated rings. The van der Waals surface area contributed by atoms with Crippen molar-refractivity contribution >= 4 is 6.29 Å². The lowest BCUT2D eigenvalue weighted by Crippen LogP contribution is -2.02. The molecule has 0 spiro atoms. The molecule has 0 aliphatic heterocycles. The summed E-state index contributed by atoms with van der Waals surface area (Å²) in [5, 5.41) is 0. The van der Waals surface area contributed by atoms with Crippen molar-refractivity contribution in [2.45, 2.75) is 20.5 Å². The van der Waals surface area contributed by atoms with Crippen LogP contribution in [0.4, 0.5) is 0 Å². The number of aromatic nitrogens is 1. The lowest BCUT2D eigenvalue weighted by molar-refractivity contribution is 0.112. The summed E-state index contributed by atoms with van der Waals surface area (Å²) in [6, 6.07) is 9.17. The van der Waals surface area contributed by atoms with Crippen LogP contribution in [0.25, 0.3) is 0 Å². The molecule has 2 rings (SSSR count). The Hall–Kier alpha value is -2.36. The molecular formula is C16H17NO3. The molecule has 0 radical (unpaired) electrons. The average Bonchev–Trinajstić information content (AvgIpc) is 2.46. The van der Waals surface area contributed by atoms with Crippen molar-refractivity contribution in [3.63, 3.8) is 0 Å². The number of aryl methyl sites for hydroxylation is 2. The maximum atomic E-state index is 10.8. The summed E-state index contributed by atoms with van der Waals surface area (Å²) in [7, 11) is 1.58. The first-order chi connectivity index (χ1) is 9.63. The molecule has 20 heavy (non-hydrogen) atoms. The standard InChI is InChI=1S/C16H17NO3/c1-11-7-13(9-18)8-12(2)16(11)20-10-14-5-4-6-15(17-14)19-3/h4-9H,10H2,1-3H3. The van der Waals surface area contributed by atoms with E-state index >= 15 is 0 Å². The van der Waals surface area contributed by atoms with Crippen molar-refractivity contribution in [2.24, 2.45) is 0 Å².